The number of fused-ring (bicyclic) bond motifs is 3. The normalized spacial score (nSPS) is 50.7. The van der Waals surface area contributed by atoms with Gasteiger partial charge in [-0.2, -0.15) is 0 Å². The van der Waals surface area contributed by atoms with E-state index in [1.54, 1.807) is 7.11 Å². The van der Waals surface area contributed by atoms with Crippen molar-refractivity contribution in [2.45, 2.75) is 63.6 Å². The van der Waals surface area contributed by atoms with E-state index in [0.29, 0.717) is 6.61 Å². The van der Waals surface area contributed by atoms with Crippen LogP contribution in [0.4, 0.5) is 0 Å². The second-order valence-electron chi connectivity index (χ2n) is 5.35. The molecular weight excluding hydrogens is 240 g/mol. The van der Waals surface area contributed by atoms with Crippen LogP contribution in [0.2, 0.25) is 0 Å². The Morgan fingerprint density at radius 2 is 1.78 bits per heavy atom. The summed E-state index contributed by atoms with van der Waals surface area (Å²) in [5.41, 5.74) is 0. The van der Waals surface area contributed by atoms with Gasteiger partial charge in [-0.25, -0.2) is 0 Å². The number of hydrogen-bond donors (Lipinski definition) is 0. The van der Waals surface area contributed by atoms with Crippen molar-refractivity contribution < 1.29 is 28.4 Å². The van der Waals surface area contributed by atoms with Gasteiger partial charge in [0, 0.05) is 7.11 Å². The van der Waals surface area contributed by atoms with Crippen molar-refractivity contribution in [3.63, 3.8) is 0 Å². The Kier molecular flexibility index (Phi) is 3.12. The topological polar surface area (TPSA) is 55.4 Å². The Labute approximate surface area is 106 Å². The van der Waals surface area contributed by atoms with Gasteiger partial charge in [0.15, 0.2) is 18.4 Å². The third-order valence-electron chi connectivity index (χ3n) is 3.51. The molecule has 0 radical (unpaired) electrons. The summed E-state index contributed by atoms with van der Waals surface area (Å²) < 4.78 is 34.2. The zero-order valence-corrected chi connectivity index (χ0v) is 11.1. The number of methoxy groups -OCH3 is 1. The van der Waals surface area contributed by atoms with Crippen molar-refractivity contribution in [1.29, 1.82) is 0 Å². The Hall–Kier alpha value is -0.240. The third-order valence-corrected chi connectivity index (χ3v) is 3.51. The average molecular weight is 260 g/mol. The van der Waals surface area contributed by atoms with Gasteiger partial charge in [-0.05, 0) is 20.8 Å². The van der Waals surface area contributed by atoms with E-state index in [2.05, 4.69) is 0 Å². The van der Waals surface area contributed by atoms with E-state index in [0.717, 1.165) is 0 Å². The number of ether oxygens (including phenoxy) is 6. The first kappa shape index (κ1) is 12.8. The summed E-state index contributed by atoms with van der Waals surface area (Å²) in [7, 11) is 1.60. The minimum atomic E-state index is -0.644. The predicted molar refractivity (Wildman–Crippen MR) is 59.8 cm³/mol. The molecule has 6 nitrogen and oxygen atoms in total. The molecule has 0 aromatic heterocycles. The predicted octanol–water partition coefficient (Wildman–Crippen LogP) is 0.639. The molecule has 0 aliphatic carbocycles. The second-order valence-corrected chi connectivity index (χ2v) is 5.35. The maximum absolute atomic E-state index is 5.94. The van der Waals surface area contributed by atoms with Gasteiger partial charge in [0.25, 0.3) is 0 Å². The van der Waals surface area contributed by atoms with E-state index in [1.165, 1.54) is 0 Å². The van der Waals surface area contributed by atoms with Crippen LogP contribution >= 0.6 is 0 Å². The van der Waals surface area contributed by atoms with E-state index >= 15 is 0 Å². The van der Waals surface area contributed by atoms with Crippen molar-refractivity contribution in [2.75, 3.05) is 13.7 Å². The van der Waals surface area contributed by atoms with Crippen LogP contribution in [0, 0.1) is 0 Å². The lowest BCUT2D eigenvalue weighted by molar-refractivity contribution is -0.337. The van der Waals surface area contributed by atoms with Gasteiger partial charge >= 0.3 is 0 Å². The highest BCUT2D eigenvalue weighted by Gasteiger charge is 2.57. The maximum atomic E-state index is 5.94. The summed E-state index contributed by atoms with van der Waals surface area (Å²) in [5.74, 6) is -0.644. The lowest BCUT2D eigenvalue weighted by Gasteiger charge is -2.45. The Morgan fingerprint density at radius 1 is 1.06 bits per heavy atom. The molecule has 3 heterocycles. The van der Waals surface area contributed by atoms with Gasteiger partial charge in [-0.3, -0.25) is 0 Å². The fourth-order valence-electron chi connectivity index (χ4n) is 2.80. The summed E-state index contributed by atoms with van der Waals surface area (Å²) in [6.45, 7) is 6.12. The van der Waals surface area contributed by atoms with Crippen molar-refractivity contribution >= 4 is 0 Å². The van der Waals surface area contributed by atoms with Crippen molar-refractivity contribution in [3.8, 4) is 0 Å². The Morgan fingerprint density at radius 3 is 2.50 bits per heavy atom. The molecule has 3 saturated heterocycles. The molecule has 0 N–H and O–H groups in total. The van der Waals surface area contributed by atoms with Crippen molar-refractivity contribution in [3.05, 3.63) is 0 Å². The van der Waals surface area contributed by atoms with Crippen molar-refractivity contribution in [2.24, 2.45) is 0 Å². The van der Waals surface area contributed by atoms with Gasteiger partial charge in [-0.15, -0.1) is 0 Å². The molecule has 3 aliphatic rings. The molecule has 0 bridgehead atoms. The van der Waals surface area contributed by atoms with Crippen LogP contribution in [-0.2, 0) is 28.4 Å². The molecule has 0 aromatic carbocycles. The number of rotatable bonds is 1. The molecule has 104 valence electrons. The molecule has 0 spiro atoms. The first-order chi connectivity index (χ1) is 8.50. The van der Waals surface area contributed by atoms with E-state index in [1.807, 2.05) is 20.8 Å². The highest BCUT2D eigenvalue weighted by molar-refractivity contribution is 4.98. The third kappa shape index (κ3) is 2.07. The molecule has 3 fully saturated rings. The Bertz CT molecular complexity index is 320. The molecule has 0 aromatic rings. The van der Waals surface area contributed by atoms with Gasteiger partial charge < -0.3 is 28.4 Å². The molecule has 0 saturated carbocycles. The zero-order valence-electron chi connectivity index (χ0n) is 11.1. The summed E-state index contributed by atoms with van der Waals surface area (Å²) in [4.78, 5) is 0. The molecule has 0 amide bonds. The van der Waals surface area contributed by atoms with Crippen molar-refractivity contribution in [1.82, 2.24) is 0 Å². The van der Waals surface area contributed by atoms with E-state index in [4.69, 9.17) is 28.4 Å². The molecule has 3 rings (SSSR count). The minimum Gasteiger partial charge on any atom is -0.353 e. The first-order valence-corrected chi connectivity index (χ1v) is 6.31. The van der Waals surface area contributed by atoms with Crippen LogP contribution in [0.15, 0.2) is 0 Å². The molecule has 6 heteroatoms. The number of hydrogen-bond acceptors (Lipinski definition) is 6. The van der Waals surface area contributed by atoms with Crippen LogP contribution in [-0.4, -0.2) is 56.5 Å². The molecular formula is C12H20O6. The monoisotopic (exact) mass is 260 g/mol. The minimum absolute atomic E-state index is 0.174. The largest absolute Gasteiger partial charge is 0.353 e. The van der Waals surface area contributed by atoms with Crippen LogP contribution < -0.4 is 0 Å². The van der Waals surface area contributed by atoms with E-state index < -0.39 is 12.1 Å². The maximum Gasteiger partial charge on any atom is 0.186 e. The lowest BCUT2D eigenvalue weighted by Crippen LogP contribution is -2.61. The van der Waals surface area contributed by atoms with Crippen LogP contribution in [0.25, 0.3) is 0 Å². The summed E-state index contributed by atoms with van der Waals surface area (Å²) in [6.07, 6.45) is -1.50. The summed E-state index contributed by atoms with van der Waals surface area (Å²) >= 11 is 0. The standard InChI is InChI=1S/C12H20O6/c1-6-14-5-7-8(15-6)9-10(11(13-4)16-7)18-12(2,3)17-9/h6-11H,5H2,1-4H3/t6?,7?,8-,9?,10?,11+/m1/s1. The van der Waals surface area contributed by atoms with Crippen LogP contribution in [0.1, 0.15) is 20.8 Å². The molecule has 4 unspecified atom stereocenters. The average Bonchev–Trinajstić information content (AvgIpc) is 2.64. The Balaban J connectivity index is 1.83. The molecule has 3 aliphatic heterocycles. The lowest BCUT2D eigenvalue weighted by atomic mass is 9.98. The smallest absolute Gasteiger partial charge is 0.186 e. The molecule has 6 atom stereocenters. The zero-order chi connectivity index (χ0) is 12.9. The quantitative estimate of drug-likeness (QED) is 0.689. The first-order valence-electron chi connectivity index (χ1n) is 6.31. The summed E-state index contributed by atoms with van der Waals surface area (Å²) in [6, 6.07) is 0. The van der Waals surface area contributed by atoms with Gasteiger partial charge in [0.1, 0.15) is 24.4 Å². The SMILES string of the molecule is CO[C@H]1OC2COC(C)O[C@H]2C2OC(C)(C)OC21. The van der Waals surface area contributed by atoms with Gasteiger partial charge in [0.2, 0.25) is 0 Å². The van der Waals surface area contributed by atoms with Crippen LogP contribution in [0.5, 0.6) is 0 Å². The fraction of sp³-hybridized carbons (Fsp3) is 1.00. The highest BCUT2D eigenvalue weighted by Crippen LogP contribution is 2.40. The van der Waals surface area contributed by atoms with Crippen LogP contribution in [0.3, 0.4) is 0 Å². The van der Waals surface area contributed by atoms with Gasteiger partial charge in [-0.1, -0.05) is 0 Å². The molecule has 18 heavy (non-hydrogen) atoms. The highest BCUT2D eigenvalue weighted by atomic mass is 16.8. The summed E-state index contributed by atoms with van der Waals surface area (Å²) in [5, 5.41) is 0. The second kappa shape index (κ2) is 4.40. The van der Waals surface area contributed by atoms with E-state index in [-0.39, 0.29) is 30.7 Å². The van der Waals surface area contributed by atoms with Gasteiger partial charge in [0.05, 0.1) is 6.61 Å². The fourth-order valence-corrected chi connectivity index (χ4v) is 2.80. The van der Waals surface area contributed by atoms with E-state index in [9.17, 15) is 0 Å².